The Kier molecular flexibility index (Phi) is 23.2. The first-order valence-corrected chi connectivity index (χ1v) is 38.9. The van der Waals surface area contributed by atoms with E-state index >= 15 is 0 Å². The Morgan fingerprint density at radius 1 is 0.318 bits per heavy atom. The number of fused-ring (bicyclic) bond motifs is 8. The van der Waals surface area contributed by atoms with Crippen molar-refractivity contribution < 1.29 is 25.2 Å². The van der Waals surface area contributed by atoms with Crippen molar-refractivity contribution in [1.29, 1.82) is 0 Å². The molecule has 0 heterocycles. The molecule has 0 atom stereocenters. The van der Waals surface area contributed by atoms with Gasteiger partial charge in [0, 0.05) is 39.6 Å². The molecule has 10 rings (SSSR count). The fourth-order valence-corrected chi connectivity index (χ4v) is 19.0. The summed E-state index contributed by atoms with van der Waals surface area (Å²) in [5.74, 6) is 0. The van der Waals surface area contributed by atoms with Gasteiger partial charge in [0.15, 0.2) is 0 Å². The summed E-state index contributed by atoms with van der Waals surface area (Å²) in [4.78, 5) is 0.281. The topological polar surface area (TPSA) is 86.7 Å². The Bertz CT molecular complexity index is 3540. The minimum absolute atomic E-state index is 0.0201. The average molecular weight is 1490 g/mol. The second-order valence-corrected chi connectivity index (χ2v) is 32.5. The Hall–Kier alpha value is -3.46. The maximum absolute atomic E-state index is 13.3. The molecule has 4 aliphatic carbocycles. The van der Waals surface area contributed by atoms with Gasteiger partial charge in [0.2, 0.25) is 0 Å². The first-order chi connectivity index (χ1) is 42.3. The largest absolute Gasteiger partial charge is 0.296 e. The molecule has 0 aromatic heterocycles. The van der Waals surface area contributed by atoms with E-state index in [1.54, 1.807) is 81.9 Å². The molecule has 0 spiro atoms. The zero-order chi connectivity index (χ0) is 63.1. The molecule has 0 saturated carbocycles. The van der Waals surface area contributed by atoms with E-state index in [-0.39, 0.29) is 39.2 Å². The summed E-state index contributed by atoms with van der Waals surface area (Å²) in [5, 5.41) is 0. The van der Waals surface area contributed by atoms with Crippen molar-refractivity contribution in [1.82, 2.24) is 0 Å². The minimum Gasteiger partial charge on any atom is -0.266 e. The van der Waals surface area contributed by atoms with Crippen LogP contribution in [-0.4, -0.2) is 30.0 Å². The molecular weight excluding hydrogens is 1390 g/mol. The van der Waals surface area contributed by atoms with Gasteiger partial charge in [-0.2, -0.15) is 16.8 Å². The van der Waals surface area contributed by atoms with Crippen molar-refractivity contribution in [2.75, 3.05) is 13.2 Å². The maximum atomic E-state index is 13.3. The number of aryl methyl sites for hydroxylation is 2. The summed E-state index contributed by atoms with van der Waals surface area (Å²) in [6.07, 6.45) is 23.7. The number of benzene rings is 6. The summed E-state index contributed by atoms with van der Waals surface area (Å²) in [6, 6.07) is 41.2. The average Bonchev–Trinajstić information content (AvgIpc) is 1.52. The lowest BCUT2D eigenvalue weighted by molar-refractivity contribution is 0.275. The van der Waals surface area contributed by atoms with Crippen LogP contribution in [0.2, 0.25) is 0 Å². The molecule has 0 fully saturated rings. The molecule has 12 heteroatoms. The second kappa shape index (κ2) is 29.7. The number of hydrogen-bond acceptors (Lipinski definition) is 6. The molecule has 6 aromatic carbocycles. The van der Waals surface area contributed by atoms with E-state index in [2.05, 4.69) is 178 Å². The van der Waals surface area contributed by atoms with Crippen molar-refractivity contribution in [3.8, 4) is 0 Å². The lowest BCUT2D eigenvalue weighted by Gasteiger charge is -2.37. The van der Waals surface area contributed by atoms with Crippen molar-refractivity contribution in [3.63, 3.8) is 0 Å². The number of halogens is 4. The molecule has 0 aliphatic heterocycles. The van der Waals surface area contributed by atoms with Crippen LogP contribution >= 0.6 is 63.7 Å². The highest BCUT2D eigenvalue weighted by molar-refractivity contribution is 9.11. The van der Waals surface area contributed by atoms with Crippen LogP contribution in [0.25, 0.3) is 22.3 Å². The highest BCUT2D eigenvalue weighted by atomic mass is 79.9. The summed E-state index contributed by atoms with van der Waals surface area (Å²) >= 11 is 15.3. The van der Waals surface area contributed by atoms with E-state index in [0.29, 0.717) is 25.7 Å². The quantitative estimate of drug-likeness (QED) is 0.0330. The number of allylic oxidation sites excluding steroid dienone is 4. The molecule has 472 valence electrons. The Morgan fingerprint density at radius 2 is 0.534 bits per heavy atom. The monoisotopic (exact) mass is 1480 g/mol. The van der Waals surface area contributed by atoms with Crippen LogP contribution in [0, 0.1) is 13.8 Å². The Labute approximate surface area is 562 Å². The van der Waals surface area contributed by atoms with Crippen molar-refractivity contribution in [3.05, 3.63) is 195 Å². The van der Waals surface area contributed by atoms with Gasteiger partial charge in [-0.15, -0.1) is 0 Å². The summed E-state index contributed by atoms with van der Waals surface area (Å²) in [6.45, 7) is 17.8. The van der Waals surface area contributed by atoms with Gasteiger partial charge in [0.1, 0.15) is 0 Å². The molecular formula is C76H92Br4O6S2. The van der Waals surface area contributed by atoms with Crippen LogP contribution in [0.5, 0.6) is 0 Å². The van der Waals surface area contributed by atoms with Gasteiger partial charge in [0.05, 0.1) is 23.0 Å². The molecule has 0 N–H and O–H groups in total. The van der Waals surface area contributed by atoms with Gasteiger partial charge < -0.3 is 0 Å². The number of rotatable bonds is 30. The van der Waals surface area contributed by atoms with Gasteiger partial charge >= 0.3 is 0 Å². The third-order valence-electron chi connectivity index (χ3n) is 19.8. The first kappa shape index (κ1) is 68.9. The van der Waals surface area contributed by atoms with Gasteiger partial charge in [-0.25, -0.2) is 0 Å². The minimum atomic E-state index is -3.95. The van der Waals surface area contributed by atoms with E-state index < -0.39 is 25.7 Å². The van der Waals surface area contributed by atoms with Crippen LogP contribution in [0.4, 0.5) is 0 Å². The first-order valence-electron chi connectivity index (χ1n) is 32.9. The summed E-state index contributed by atoms with van der Waals surface area (Å²) in [5.41, 5.74) is 18.9. The van der Waals surface area contributed by atoms with E-state index in [9.17, 15) is 16.8 Å². The van der Waals surface area contributed by atoms with Crippen LogP contribution < -0.4 is 0 Å². The van der Waals surface area contributed by atoms with Crippen molar-refractivity contribution >= 4 is 106 Å². The van der Waals surface area contributed by atoms with Gasteiger partial charge in [-0.1, -0.05) is 242 Å². The maximum Gasteiger partial charge on any atom is 0.296 e. The lowest BCUT2D eigenvalue weighted by atomic mass is 9.67. The van der Waals surface area contributed by atoms with Gasteiger partial charge in [-0.05, 0) is 218 Å². The van der Waals surface area contributed by atoms with Crippen LogP contribution in [-0.2, 0) is 50.3 Å². The van der Waals surface area contributed by atoms with Crippen LogP contribution in [0.15, 0.2) is 149 Å². The molecule has 0 radical (unpaired) electrons. The van der Waals surface area contributed by atoms with Crippen LogP contribution in [0.1, 0.15) is 238 Å². The third-order valence-corrected chi connectivity index (χ3v) is 24.4. The summed E-state index contributed by atoms with van der Waals surface area (Å²) < 4.78 is 68.8. The van der Waals surface area contributed by atoms with Crippen LogP contribution in [0.3, 0.4) is 0 Å². The van der Waals surface area contributed by atoms with Gasteiger partial charge in [0.25, 0.3) is 20.2 Å². The van der Waals surface area contributed by atoms with Crippen molar-refractivity contribution in [2.45, 2.75) is 228 Å². The molecule has 0 amide bonds. The standard InChI is InChI=1S/C44H50Br2O6S2.C32H42Br2/c1-5-7-23-43(24-8-6-2)39-29-33(45)15-21-37(39)42-41(43)38-22-16-34(46)30-40(38)44(42,25-9-27-51-53(47,48)35-17-11-31(3)12-18-35)26-10-28-52-54(49,50)36-19-13-32(4)14-20-36;1-5-9-17-31(18-10-6-2)27-21-23(33)13-15-25(27)30-29(31)26-16-14-24(34)22-28(26)32(30,19-11-7-3)20-12-8-4/h11-22,29-30H,5-10,23-28H2,1-4H3;13-16,21-22H,5-12,17-20H2,1-4H3. The Balaban J connectivity index is 0.000000232. The number of hydrogen-bond donors (Lipinski definition) is 0. The fraction of sp³-hybridized carbons (Fsp3) is 0.474. The van der Waals surface area contributed by atoms with Crippen molar-refractivity contribution in [2.24, 2.45) is 0 Å². The zero-order valence-corrected chi connectivity index (χ0v) is 61.3. The fourth-order valence-electron chi connectivity index (χ4n) is 15.7. The summed E-state index contributed by atoms with van der Waals surface area (Å²) in [7, 11) is -7.90. The molecule has 6 aromatic rings. The normalized spacial score (nSPS) is 16.2. The molecule has 4 aliphatic rings. The molecule has 6 nitrogen and oxygen atoms in total. The highest BCUT2D eigenvalue weighted by Crippen LogP contribution is 2.70. The smallest absolute Gasteiger partial charge is 0.266 e. The third kappa shape index (κ3) is 13.6. The van der Waals surface area contributed by atoms with Gasteiger partial charge in [-0.3, -0.25) is 8.37 Å². The molecule has 88 heavy (non-hydrogen) atoms. The predicted molar refractivity (Wildman–Crippen MR) is 381 cm³/mol. The Morgan fingerprint density at radius 3 is 0.750 bits per heavy atom. The zero-order valence-electron chi connectivity index (χ0n) is 53.3. The van der Waals surface area contributed by atoms with E-state index in [1.807, 2.05) is 13.8 Å². The van der Waals surface area contributed by atoms with E-state index in [0.717, 1.165) is 58.6 Å². The number of unbranched alkanes of at least 4 members (excludes halogenated alkanes) is 6. The molecule has 0 unspecified atom stereocenters. The molecule has 0 bridgehead atoms. The van der Waals surface area contributed by atoms with E-state index in [4.69, 9.17) is 8.37 Å². The highest BCUT2D eigenvalue weighted by Gasteiger charge is 2.57. The lowest BCUT2D eigenvalue weighted by Crippen LogP contribution is -2.28. The second-order valence-electron chi connectivity index (χ2n) is 25.6. The predicted octanol–water partition coefficient (Wildman–Crippen LogP) is 23.4. The molecule has 0 saturated heterocycles. The van der Waals surface area contributed by atoms with E-state index in [1.165, 1.54) is 119 Å². The SMILES string of the molecule is CCCCC1(CCCC)C2=C(c3ccc(Br)cc31)C(CCCC)(CCCC)c1cc(Br)ccc12.CCCCC1(CCCC)C2=C(c3ccc(Br)cc31)C(CCCOS(=O)(=O)c1ccc(C)cc1)(CCCOS(=O)(=O)c1ccc(C)cc1)c1cc(Br)ccc12.